The summed E-state index contributed by atoms with van der Waals surface area (Å²) in [5.74, 6) is 0. The van der Waals surface area contributed by atoms with Gasteiger partial charge in [-0.1, -0.05) is 27.7 Å². The second-order valence-corrected chi connectivity index (χ2v) is 0.894. The summed E-state index contributed by atoms with van der Waals surface area (Å²) in [6.45, 7) is 8.00. The summed E-state index contributed by atoms with van der Waals surface area (Å²) in [5.41, 5.74) is 0. The van der Waals surface area contributed by atoms with E-state index in [0.29, 0.717) is 0 Å². The molecule has 10 heavy (non-hydrogen) atoms. The lowest BCUT2D eigenvalue weighted by atomic mass is 10.8. The summed E-state index contributed by atoms with van der Waals surface area (Å²) in [7, 11) is 0. The van der Waals surface area contributed by atoms with Crippen LogP contribution in [0.1, 0.15) is 27.7 Å². The van der Waals surface area contributed by atoms with Crippen molar-refractivity contribution in [2.45, 2.75) is 27.7 Å². The Kier molecular flexibility index (Phi) is 18.6. The molecule has 0 N–H and O–H groups in total. The molecule has 0 aliphatic rings. The minimum atomic E-state index is 1.64. The van der Waals surface area contributed by atoms with Gasteiger partial charge in [-0.25, -0.2) is 0 Å². The summed E-state index contributed by atoms with van der Waals surface area (Å²) in [4.78, 5) is 7.44. The average Bonchev–Trinajstić information content (AvgIpc) is 2.14. The van der Waals surface area contributed by atoms with E-state index in [9.17, 15) is 0 Å². The van der Waals surface area contributed by atoms with E-state index < -0.39 is 0 Å². The molecule has 2 heteroatoms. The molecule has 58 valence electrons. The molecule has 1 aromatic heterocycles. The van der Waals surface area contributed by atoms with E-state index in [1.807, 2.05) is 27.7 Å². The number of rotatable bonds is 0. The summed E-state index contributed by atoms with van der Waals surface area (Å²) in [6.07, 6.45) is 6.56. The fourth-order valence-corrected chi connectivity index (χ4v) is 0.253. The van der Waals surface area contributed by atoms with Crippen LogP contribution in [0.15, 0.2) is 24.8 Å². The van der Waals surface area contributed by atoms with Crippen LogP contribution >= 0.6 is 0 Å². The molecule has 0 aromatic carbocycles. The van der Waals surface area contributed by atoms with Gasteiger partial charge in [-0.05, 0) is 0 Å². The van der Waals surface area contributed by atoms with Crippen LogP contribution in [-0.4, -0.2) is 9.97 Å². The Morgan fingerprint density at radius 1 is 0.600 bits per heavy atom. The molecule has 0 bridgehead atoms. The maximum absolute atomic E-state index is 3.72. The van der Waals surface area contributed by atoms with Crippen molar-refractivity contribution >= 4 is 0 Å². The molecule has 0 aliphatic carbocycles. The first-order valence-electron chi connectivity index (χ1n) is 3.70. The topological polar surface area (TPSA) is 25.8 Å². The summed E-state index contributed by atoms with van der Waals surface area (Å²) in [5, 5.41) is 0. The molecule has 0 saturated heterocycles. The van der Waals surface area contributed by atoms with E-state index in [2.05, 4.69) is 9.97 Å². The first-order valence-corrected chi connectivity index (χ1v) is 3.70. The van der Waals surface area contributed by atoms with Gasteiger partial charge >= 0.3 is 0 Å². The Morgan fingerprint density at radius 2 is 0.800 bits per heavy atom. The summed E-state index contributed by atoms with van der Waals surface area (Å²) >= 11 is 0. The van der Waals surface area contributed by atoms with Crippen molar-refractivity contribution in [3.8, 4) is 0 Å². The van der Waals surface area contributed by atoms with Crippen LogP contribution in [0.5, 0.6) is 0 Å². The molecule has 0 saturated carbocycles. The lowest BCUT2D eigenvalue weighted by Gasteiger charge is -1.70. The van der Waals surface area contributed by atoms with Gasteiger partial charge < -0.3 is 0 Å². The maximum atomic E-state index is 3.72. The molecule has 1 aromatic rings. The largest absolute Gasteiger partial charge is 0.262 e. The Balaban J connectivity index is 0. The van der Waals surface area contributed by atoms with Gasteiger partial charge in [0.25, 0.3) is 0 Å². The Bertz CT molecular complexity index is 79.2. The van der Waals surface area contributed by atoms with Gasteiger partial charge in [0.2, 0.25) is 0 Å². The van der Waals surface area contributed by atoms with Gasteiger partial charge in [-0.3, -0.25) is 9.97 Å². The van der Waals surface area contributed by atoms with E-state index in [-0.39, 0.29) is 0 Å². The predicted octanol–water partition coefficient (Wildman–Crippen LogP) is 2.53. The van der Waals surface area contributed by atoms with Crippen molar-refractivity contribution in [2.75, 3.05) is 0 Å². The highest BCUT2D eigenvalue weighted by Gasteiger charge is 1.59. The normalized spacial score (nSPS) is 6.00. The van der Waals surface area contributed by atoms with Crippen LogP contribution in [0, 0.1) is 0 Å². The molecular formula is C8H16N2. The quantitative estimate of drug-likeness (QED) is 0.553. The standard InChI is InChI=1S/C4H4N2.2C2H6/c1-2-6-4-3-5-1;2*1-2/h1-4H;2*1-2H3. The molecule has 0 atom stereocenters. The average molecular weight is 140 g/mol. The zero-order chi connectivity index (χ0) is 8.24. The van der Waals surface area contributed by atoms with E-state index in [1.165, 1.54) is 0 Å². The van der Waals surface area contributed by atoms with Crippen molar-refractivity contribution in [3.05, 3.63) is 24.8 Å². The molecule has 0 spiro atoms. The molecule has 0 fully saturated rings. The molecule has 0 unspecified atom stereocenters. The Labute approximate surface area is 63.3 Å². The van der Waals surface area contributed by atoms with Gasteiger partial charge in [-0.15, -0.1) is 0 Å². The van der Waals surface area contributed by atoms with Gasteiger partial charge in [0.1, 0.15) is 0 Å². The molecule has 2 nitrogen and oxygen atoms in total. The summed E-state index contributed by atoms with van der Waals surface area (Å²) in [6, 6.07) is 0. The molecule has 0 amide bonds. The molecule has 1 rings (SSSR count). The number of hydrogen-bond donors (Lipinski definition) is 0. The highest BCUT2D eigenvalue weighted by Crippen LogP contribution is 1.65. The SMILES string of the molecule is CC.CC.c1cnccn1. The van der Waals surface area contributed by atoms with Crippen LogP contribution in [0.2, 0.25) is 0 Å². The number of hydrogen-bond acceptors (Lipinski definition) is 2. The van der Waals surface area contributed by atoms with E-state index in [4.69, 9.17) is 0 Å². The van der Waals surface area contributed by atoms with Crippen LogP contribution in [-0.2, 0) is 0 Å². The minimum absolute atomic E-state index is 1.64. The second-order valence-electron chi connectivity index (χ2n) is 0.894. The van der Waals surface area contributed by atoms with Crippen LogP contribution < -0.4 is 0 Å². The van der Waals surface area contributed by atoms with E-state index >= 15 is 0 Å². The Hall–Kier alpha value is -0.920. The monoisotopic (exact) mass is 140 g/mol. The first-order chi connectivity index (χ1) is 5.00. The lowest BCUT2D eigenvalue weighted by molar-refractivity contribution is 1.20. The van der Waals surface area contributed by atoms with Crippen molar-refractivity contribution in [1.29, 1.82) is 0 Å². The Morgan fingerprint density at radius 3 is 0.900 bits per heavy atom. The van der Waals surface area contributed by atoms with Gasteiger partial charge in [-0.2, -0.15) is 0 Å². The summed E-state index contributed by atoms with van der Waals surface area (Å²) < 4.78 is 0. The fraction of sp³-hybridized carbons (Fsp3) is 0.500. The lowest BCUT2D eigenvalue weighted by Crippen LogP contribution is -1.66. The van der Waals surface area contributed by atoms with E-state index in [1.54, 1.807) is 24.8 Å². The predicted molar refractivity (Wildman–Crippen MR) is 44.7 cm³/mol. The van der Waals surface area contributed by atoms with Crippen LogP contribution in [0.25, 0.3) is 0 Å². The highest BCUT2D eigenvalue weighted by atomic mass is 14.7. The maximum Gasteiger partial charge on any atom is 0.0451 e. The van der Waals surface area contributed by atoms with Crippen LogP contribution in [0.3, 0.4) is 0 Å². The first kappa shape index (κ1) is 11.8. The van der Waals surface area contributed by atoms with Crippen molar-refractivity contribution < 1.29 is 0 Å². The second kappa shape index (κ2) is 15.7. The molecular weight excluding hydrogens is 124 g/mol. The molecule has 1 heterocycles. The minimum Gasteiger partial charge on any atom is -0.262 e. The number of nitrogens with zero attached hydrogens (tertiary/aromatic N) is 2. The number of aromatic nitrogens is 2. The molecule has 0 radical (unpaired) electrons. The third-order valence-electron chi connectivity index (χ3n) is 0.478. The van der Waals surface area contributed by atoms with Crippen molar-refractivity contribution in [2.24, 2.45) is 0 Å². The van der Waals surface area contributed by atoms with Crippen molar-refractivity contribution in [3.63, 3.8) is 0 Å². The third kappa shape index (κ3) is 10.1. The highest BCUT2D eigenvalue weighted by molar-refractivity contribution is 4.70. The smallest absolute Gasteiger partial charge is 0.0451 e. The van der Waals surface area contributed by atoms with Crippen molar-refractivity contribution in [1.82, 2.24) is 9.97 Å². The van der Waals surface area contributed by atoms with Crippen LogP contribution in [0.4, 0.5) is 0 Å². The molecule has 0 aliphatic heterocycles. The fourth-order valence-electron chi connectivity index (χ4n) is 0.253. The van der Waals surface area contributed by atoms with Gasteiger partial charge in [0, 0.05) is 24.8 Å². The van der Waals surface area contributed by atoms with Gasteiger partial charge in [0.15, 0.2) is 0 Å². The zero-order valence-corrected chi connectivity index (χ0v) is 7.20. The van der Waals surface area contributed by atoms with E-state index in [0.717, 1.165) is 0 Å². The third-order valence-corrected chi connectivity index (χ3v) is 0.478. The zero-order valence-electron chi connectivity index (χ0n) is 7.20. The van der Waals surface area contributed by atoms with Gasteiger partial charge in [0.05, 0.1) is 0 Å².